The quantitative estimate of drug-likeness (QED) is 0.649. The molecule has 0 aromatic heterocycles. The summed E-state index contributed by atoms with van der Waals surface area (Å²) in [6.45, 7) is 0. The fraction of sp³-hybridized carbons (Fsp3) is 0. The molecule has 0 spiro atoms. The lowest BCUT2D eigenvalue weighted by Crippen LogP contribution is -2.09. The topological polar surface area (TPSA) is 43.1 Å². The van der Waals surface area contributed by atoms with Gasteiger partial charge in [-0.2, -0.15) is 0 Å². The highest BCUT2D eigenvalue weighted by molar-refractivity contribution is 14.1. The predicted octanol–water partition coefficient (Wildman–Crippen LogP) is 1.95. The minimum atomic E-state index is -0.389. The zero-order chi connectivity index (χ0) is 8.97. The van der Waals surface area contributed by atoms with Crippen molar-refractivity contribution in [1.29, 1.82) is 0 Å². The largest absolute Gasteiger partial charge is 0.365 e. The van der Waals surface area contributed by atoms with Crippen LogP contribution in [0, 0.1) is 0 Å². The van der Waals surface area contributed by atoms with Gasteiger partial charge in [-0.1, -0.05) is 30.3 Å². The highest BCUT2D eigenvalue weighted by Crippen LogP contribution is 2.11. The van der Waals surface area contributed by atoms with Crippen molar-refractivity contribution in [2.24, 2.45) is 5.73 Å². The molecule has 0 unspecified atom stereocenters. The molecule has 1 rings (SSSR count). The molecule has 0 bridgehead atoms. The number of primary amides is 1. The molecule has 0 fully saturated rings. The first kappa shape index (κ1) is 9.25. The van der Waals surface area contributed by atoms with E-state index in [-0.39, 0.29) is 5.91 Å². The van der Waals surface area contributed by atoms with Crippen LogP contribution < -0.4 is 5.73 Å². The molecule has 2 nitrogen and oxygen atoms in total. The van der Waals surface area contributed by atoms with Crippen molar-refractivity contribution in [3.05, 3.63) is 39.5 Å². The van der Waals surface area contributed by atoms with Gasteiger partial charge >= 0.3 is 0 Å². The number of nitrogens with two attached hydrogens (primary N) is 1. The first-order chi connectivity index (χ1) is 5.70. The second-order valence-corrected chi connectivity index (χ2v) is 3.43. The second kappa shape index (κ2) is 4.25. The van der Waals surface area contributed by atoms with Crippen LogP contribution in [0.1, 0.15) is 5.56 Å². The van der Waals surface area contributed by atoms with Crippen LogP contribution in [0.3, 0.4) is 0 Å². The Hall–Kier alpha value is -0.840. The van der Waals surface area contributed by atoms with E-state index in [1.807, 2.05) is 52.9 Å². The normalized spacial score (nSPS) is 11.2. The molecule has 1 aromatic rings. The van der Waals surface area contributed by atoms with Crippen LogP contribution in [0.4, 0.5) is 0 Å². The molecular formula is C9H8INO. The van der Waals surface area contributed by atoms with Gasteiger partial charge in [0.1, 0.15) is 0 Å². The number of amides is 1. The van der Waals surface area contributed by atoms with Crippen molar-refractivity contribution in [1.82, 2.24) is 0 Å². The Morgan fingerprint density at radius 1 is 1.33 bits per heavy atom. The fourth-order valence-electron chi connectivity index (χ4n) is 0.767. The average Bonchev–Trinajstić information content (AvgIpc) is 2.06. The molecule has 0 heterocycles. The SMILES string of the molecule is NC(=O)/C(I)=C/c1ccccc1. The van der Waals surface area contributed by atoms with Crippen molar-refractivity contribution < 1.29 is 4.79 Å². The first-order valence-electron chi connectivity index (χ1n) is 3.42. The van der Waals surface area contributed by atoms with E-state index in [9.17, 15) is 4.79 Å². The third kappa shape index (κ3) is 2.65. The summed E-state index contributed by atoms with van der Waals surface area (Å²) in [5.74, 6) is -0.389. The van der Waals surface area contributed by atoms with Crippen molar-refractivity contribution in [2.45, 2.75) is 0 Å². The van der Waals surface area contributed by atoms with Crippen LogP contribution in [0.5, 0.6) is 0 Å². The summed E-state index contributed by atoms with van der Waals surface area (Å²) >= 11 is 1.92. The van der Waals surface area contributed by atoms with Crippen molar-refractivity contribution in [3.8, 4) is 0 Å². The summed E-state index contributed by atoms with van der Waals surface area (Å²) in [5.41, 5.74) is 6.06. The van der Waals surface area contributed by atoms with E-state index < -0.39 is 0 Å². The van der Waals surface area contributed by atoms with Gasteiger partial charge in [-0.05, 0) is 34.2 Å². The van der Waals surface area contributed by atoms with Crippen LogP contribution in [-0.2, 0) is 4.79 Å². The molecule has 0 radical (unpaired) electrons. The van der Waals surface area contributed by atoms with Crippen LogP contribution in [-0.4, -0.2) is 5.91 Å². The average molecular weight is 273 g/mol. The molecule has 0 saturated heterocycles. The highest BCUT2D eigenvalue weighted by Gasteiger charge is 1.97. The maximum Gasteiger partial charge on any atom is 0.254 e. The van der Waals surface area contributed by atoms with Crippen LogP contribution >= 0.6 is 22.6 Å². The number of halogens is 1. The van der Waals surface area contributed by atoms with Gasteiger partial charge in [0.05, 0.1) is 3.58 Å². The maximum absolute atomic E-state index is 10.7. The van der Waals surface area contributed by atoms with Gasteiger partial charge in [0.25, 0.3) is 5.91 Å². The maximum atomic E-state index is 10.7. The molecule has 0 aliphatic rings. The molecule has 2 N–H and O–H groups in total. The number of benzene rings is 1. The Bertz CT molecular complexity index is 306. The Morgan fingerprint density at radius 2 is 1.92 bits per heavy atom. The highest BCUT2D eigenvalue weighted by atomic mass is 127. The van der Waals surface area contributed by atoms with Crippen LogP contribution in [0.15, 0.2) is 33.9 Å². The van der Waals surface area contributed by atoms with E-state index in [4.69, 9.17) is 5.73 Å². The standard InChI is InChI=1S/C9H8INO/c10-8(9(11)12)6-7-4-2-1-3-5-7/h1-6H,(H2,11,12)/b8-6-. The first-order valence-corrected chi connectivity index (χ1v) is 4.50. The molecule has 0 aliphatic heterocycles. The Balaban J connectivity index is 2.89. The molecule has 0 aliphatic carbocycles. The van der Waals surface area contributed by atoms with E-state index in [0.29, 0.717) is 3.58 Å². The van der Waals surface area contributed by atoms with Gasteiger partial charge in [-0.25, -0.2) is 0 Å². The summed E-state index contributed by atoms with van der Waals surface area (Å²) in [6.07, 6.45) is 1.75. The minimum Gasteiger partial charge on any atom is -0.365 e. The Labute approximate surface area is 84.6 Å². The van der Waals surface area contributed by atoms with Crippen molar-refractivity contribution in [3.63, 3.8) is 0 Å². The van der Waals surface area contributed by atoms with Crippen molar-refractivity contribution in [2.75, 3.05) is 0 Å². The van der Waals surface area contributed by atoms with Gasteiger partial charge in [-0.3, -0.25) is 4.79 Å². The van der Waals surface area contributed by atoms with Gasteiger partial charge < -0.3 is 5.73 Å². The monoisotopic (exact) mass is 273 g/mol. The zero-order valence-electron chi connectivity index (χ0n) is 6.33. The van der Waals surface area contributed by atoms with Crippen molar-refractivity contribution >= 4 is 34.6 Å². The molecular weight excluding hydrogens is 265 g/mol. The van der Waals surface area contributed by atoms with E-state index in [0.717, 1.165) is 5.56 Å². The molecule has 3 heteroatoms. The summed E-state index contributed by atoms with van der Waals surface area (Å²) in [6, 6.07) is 9.59. The third-order valence-electron chi connectivity index (χ3n) is 1.33. The van der Waals surface area contributed by atoms with Gasteiger partial charge in [-0.15, -0.1) is 0 Å². The number of carbonyl (C=O) groups excluding carboxylic acids is 1. The predicted molar refractivity (Wildman–Crippen MR) is 57.6 cm³/mol. The molecule has 0 saturated carbocycles. The number of hydrogen-bond acceptors (Lipinski definition) is 1. The number of carbonyl (C=O) groups is 1. The van der Waals surface area contributed by atoms with E-state index in [2.05, 4.69) is 0 Å². The number of hydrogen-bond donors (Lipinski definition) is 1. The minimum absolute atomic E-state index is 0.389. The summed E-state index contributed by atoms with van der Waals surface area (Å²) in [7, 11) is 0. The van der Waals surface area contributed by atoms with Crippen LogP contribution in [0.2, 0.25) is 0 Å². The smallest absolute Gasteiger partial charge is 0.254 e. The second-order valence-electron chi connectivity index (χ2n) is 2.27. The summed E-state index contributed by atoms with van der Waals surface area (Å²) in [5, 5.41) is 0. The van der Waals surface area contributed by atoms with E-state index >= 15 is 0 Å². The molecule has 62 valence electrons. The summed E-state index contributed by atoms with van der Waals surface area (Å²) < 4.78 is 0.541. The molecule has 0 atom stereocenters. The van der Waals surface area contributed by atoms with E-state index in [1.54, 1.807) is 6.08 Å². The lowest BCUT2D eigenvalue weighted by Gasteiger charge is -1.93. The van der Waals surface area contributed by atoms with Gasteiger partial charge in [0.2, 0.25) is 0 Å². The number of rotatable bonds is 2. The van der Waals surface area contributed by atoms with Gasteiger partial charge in [0, 0.05) is 0 Å². The molecule has 12 heavy (non-hydrogen) atoms. The third-order valence-corrected chi connectivity index (χ3v) is 2.17. The molecule has 1 amide bonds. The lowest BCUT2D eigenvalue weighted by atomic mass is 10.2. The Kier molecular flexibility index (Phi) is 3.28. The molecule has 1 aromatic carbocycles. The summed E-state index contributed by atoms with van der Waals surface area (Å²) in [4.78, 5) is 10.7. The Morgan fingerprint density at radius 3 is 2.42 bits per heavy atom. The van der Waals surface area contributed by atoms with Crippen LogP contribution in [0.25, 0.3) is 6.08 Å². The van der Waals surface area contributed by atoms with E-state index in [1.165, 1.54) is 0 Å². The van der Waals surface area contributed by atoms with Gasteiger partial charge in [0.15, 0.2) is 0 Å². The zero-order valence-corrected chi connectivity index (χ0v) is 8.49. The lowest BCUT2D eigenvalue weighted by molar-refractivity contribution is -0.113. The fourth-order valence-corrected chi connectivity index (χ4v) is 1.13.